The van der Waals surface area contributed by atoms with Gasteiger partial charge in [0.2, 0.25) is 0 Å². The number of rotatable bonds is 3. The highest BCUT2D eigenvalue weighted by Gasteiger charge is 2.33. The van der Waals surface area contributed by atoms with Gasteiger partial charge in [-0.3, -0.25) is 4.79 Å². The number of carbonyl (C=O) groups is 1. The van der Waals surface area contributed by atoms with E-state index in [-0.39, 0.29) is 12.0 Å². The molecule has 1 fully saturated rings. The van der Waals surface area contributed by atoms with Crippen molar-refractivity contribution in [1.29, 1.82) is 0 Å². The molecule has 0 saturated carbocycles. The molecule has 1 aromatic carbocycles. The Morgan fingerprint density at radius 2 is 2.30 bits per heavy atom. The second-order valence-electron chi connectivity index (χ2n) is 4.96. The SMILES string of the molecule is CCOc1cc2c(cc1C1NC(=S)NC1=O)OC(C)C2. The fraction of sp³-hybridized carbons (Fsp3) is 0.429. The van der Waals surface area contributed by atoms with Crippen LogP contribution in [0.4, 0.5) is 0 Å². The number of hydrogen-bond donors (Lipinski definition) is 2. The lowest BCUT2D eigenvalue weighted by Crippen LogP contribution is -2.21. The van der Waals surface area contributed by atoms with Gasteiger partial charge in [-0.2, -0.15) is 0 Å². The molecule has 3 rings (SSSR count). The first-order valence-electron chi connectivity index (χ1n) is 6.66. The molecule has 0 radical (unpaired) electrons. The van der Waals surface area contributed by atoms with Gasteiger partial charge >= 0.3 is 0 Å². The van der Waals surface area contributed by atoms with Crippen molar-refractivity contribution in [2.45, 2.75) is 32.4 Å². The Kier molecular flexibility index (Phi) is 3.25. The van der Waals surface area contributed by atoms with E-state index in [1.807, 2.05) is 26.0 Å². The van der Waals surface area contributed by atoms with Crippen LogP contribution in [-0.2, 0) is 11.2 Å². The van der Waals surface area contributed by atoms with Crippen molar-refractivity contribution in [3.05, 3.63) is 23.3 Å². The van der Waals surface area contributed by atoms with Crippen LogP contribution >= 0.6 is 12.2 Å². The standard InChI is InChI=1S/C14H16N2O3S/c1-3-18-11-5-8-4-7(2)19-10(8)6-9(11)12-13(17)16-14(20)15-12/h5-7,12H,3-4H2,1-2H3,(H2,15,16,17,20). The Labute approximate surface area is 122 Å². The van der Waals surface area contributed by atoms with E-state index in [0.29, 0.717) is 17.5 Å². The molecule has 1 amide bonds. The molecule has 2 N–H and O–H groups in total. The van der Waals surface area contributed by atoms with E-state index in [0.717, 1.165) is 23.3 Å². The fourth-order valence-electron chi connectivity index (χ4n) is 2.60. The van der Waals surface area contributed by atoms with Crippen LogP contribution in [0.3, 0.4) is 0 Å². The van der Waals surface area contributed by atoms with Gasteiger partial charge in [-0.15, -0.1) is 0 Å². The zero-order valence-electron chi connectivity index (χ0n) is 11.4. The van der Waals surface area contributed by atoms with E-state index >= 15 is 0 Å². The fourth-order valence-corrected chi connectivity index (χ4v) is 2.82. The summed E-state index contributed by atoms with van der Waals surface area (Å²) in [5, 5.41) is 5.90. The van der Waals surface area contributed by atoms with Crippen LogP contribution in [0.25, 0.3) is 0 Å². The molecule has 0 bridgehead atoms. The van der Waals surface area contributed by atoms with Gasteiger partial charge in [-0.1, -0.05) is 0 Å². The van der Waals surface area contributed by atoms with Crippen molar-refractivity contribution in [2.75, 3.05) is 6.61 Å². The number of nitrogens with one attached hydrogen (secondary N) is 2. The van der Waals surface area contributed by atoms with Crippen molar-refractivity contribution in [2.24, 2.45) is 0 Å². The maximum absolute atomic E-state index is 11.9. The molecule has 1 aromatic rings. The van der Waals surface area contributed by atoms with Crippen LogP contribution in [-0.4, -0.2) is 23.7 Å². The number of thiocarbonyl (C=S) groups is 1. The van der Waals surface area contributed by atoms with Gasteiger partial charge in [0.25, 0.3) is 5.91 Å². The largest absolute Gasteiger partial charge is 0.493 e. The van der Waals surface area contributed by atoms with Gasteiger partial charge in [0.05, 0.1) is 6.61 Å². The first-order valence-corrected chi connectivity index (χ1v) is 7.07. The third-order valence-electron chi connectivity index (χ3n) is 3.41. The van der Waals surface area contributed by atoms with E-state index < -0.39 is 6.04 Å². The lowest BCUT2D eigenvalue weighted by atomic mass is 10.0. The summed E-state index contributed by atoms with van der Waals surface area (Å²) in [5.74, 6) is 1.37. The highest BCUT2D eigenvalue weighted by atomic mass is 32.1. The van der Waals surface area contributed by atoms with Crippen LogP contribution in [0.2, 0.25) is 0 Å². The summed E-state index contributed by atoms with van der Waals surface area (Å²) >= 11 is 4.98. The summed E-state index contributed by atoms with van der Waals surface area (Å²) in [4.78, 5) is 11.9. The lowest BCUT2D eigenvalue weighted by molar-refractivity contribution is -0.120. The van der Waals surface area contributed by atoms with E-state index in [4.69, 9.17) is 21.7 Å². The second kappa shape index (κ2) is 4.94. The minimum atomic E-state index is -0.520. The Balaban J connectivity index is 2.03. The number of fused-ring (bicyclic) bond motifs is 1. The van der Waals surface area contributed by atoms with Crippen LogP contribution in [0.1, 0.15) is 31.0 Å². The van der Waals surface area contributed by atoms with Gasteiger partial charge in [0, 0.05) is 17.5 Å². The summed E-state index contributed by atoms with van der Waals surface area (Å²) in [5.41, 5.74) is 1.88. The number of benzene rings is 1. The molecule has 0 aliphatic carbocycles. The molecular weight excluding hydrogens is 276 g/mol. The summed E-state index contributed by atoms with van der Waals surface area (Å²) in [7, 11) is 0. The molecule has 1 saturated heterocycles. The predicted molar refractivity (Wildman–Crippen MR) is 78.0 cm³/mol. The van der Waals surface area contributed by atoms with Crippen molar-refractivity contribution >= 4 is 23.2 Å². The highest BCUT2D eigenvalue weighted by Crippen LogP contribution is 2.38. The third-order valence-corrected chi connectivity index (χ3v) is 3.63. The van der Waals surface area contributed by atoms with E-state index in [1.165, 1.54) is 0 Å². The van der Waals surface area contributed by atoms with Crippen LogP contribution < -0.4 is 20.1 Å². The number of ether oxygens (including phenoxy) is 2. The van der Waals surface area contributed by atoms with Crippen LogP contribution in [0, 0.1) is 0 Å². The molecule has 20 heavy (non-hydrogen) atoms. The van der Waals surface area contributed by atoms with Crippen molar-refractivity contribution in [3.63, 3.8) is 0 Å². The van der Waals surface area contributed by atoms with E-state index in [2.05, 4.69) is 10.6 Å². The second-order valence-corrected chi connectivity index (χ2v) is 5.37. The monoisotopic (exact) mass is 292 g/mol. The topological polar surface area (TPSA) is 59.6 Å². The van der Waals surface area contributed by atoms with Crippen LogP contribution in [0.5, 0.6) is 11.5 Å². The van der Waals surface area contributed by atoms with Gasteiger partial charge in [0.15, 0.2) is 5.11 Å². The Bertz CT molecular complexity index is 588. The van der Waals surface area contributed by atoms with Gasteiger partial charge in [-0.05, 0) is 38.2 Å². The van der Waals surface area contributed by atoms with Crippen molar-refractivity contribution in [1.82, 2.24) is 10.6 Å². The third kappa shape index (κ3) is 2.20. The minimum absolute atomic E-state index is 0.154. The molecular formula is C14H16N2O3S. The molecule has 5 nitrogen and oxygen atoms in total. The predicted octanol–water partition coefficient (Wildman–Crippen LogP) is 1.45. The molecule has 0 aromatic heterocycles. The molecule has 6 heteroatoms. The number of carbonyl (C=O) groups excluding carboxylic acids is 1. The molecule has 0 spiro atoms. The smallest absolute Gasteiger partial charge is 0.253 e. The first-order chi connectivity index (χ1) is 9.58. The number of amides is 1. The number of hydrogen-bond acceptors (Lipinski definition) is 4. The van der Waals surface area contributed by atoms with Crippen LogP contribution in [0.15, 0.2) is 12.1 Å². The van der Waals surface area contributed by atoms with Gasteiger partial charge < -0.3 is 20.1 Å². The summed E-state index contributed by atoms with van der Waals surface area (Å²) in [6.07, 6.45) is 1.01. The quantitative estimate of drug-likeness (QED) is 0.826. The Hall–Kier alpha value is -1.82. The molecule has 2 atom stereocenters. The molecule has 2 aliphatic heterocycles. The molecule has 106 valence electrons. The average Bonchev–Trinajstić information content (AvgIpc) is 2.89. The average molecular weight is 292 g/mol. The summed E-state index contributed by atoms with van der Waals surface area (Å²) in [6.45, 7) is 4.49. The van der Waals surface area contributed by atoms with Crippen molar-refractivity contribution < 1.29 is 14.3 Å². The van der Waals surface area contributed by atoms with Crippen molar-refractivity contribution in [3.8, 4) is 11.5 Å². The van der Waals surface area contributed by atoms with Gasteiger partial charge in [0.1, 0.15) is 23.6 Å². The minimum Gasteiger partial charge on any atom is -0.493 e. The molecule has 2 aliphatic rings. The summed E-state index contributed by atoms with van der Waals surface area (Å²) in [6, 6.07) is 3.33. The Morgan fingerprint density at radius 1 is 1.50 bits per heavy atom. The maximum Gasteiger partial charge on any atom is 0.253 e. The highest BCUT2D eigenvalue weighted by molar-refractivity contribution is 7.80. The summed E-state index contributed by atoms with van der Waals surface area (Å²) < 4.78 is 11.4. The molecule has 2 unspecified atom stereocenters. The zero-order valence-corrected chi connectivity index (χ0v) is 12.2. The first kappa shape index (κ1) is 13.2. The van der Waals surface area contributed by atoms with Gasteiger partial charge in [-0.25, -0.2) is 0 Å². The molecule has 2 heterocycles. The Morgan fingerprint density at radius 3 is 2.95 bits per heavy atom. The van der Waals surface area contributed by atoms with E-state index in [9.17, 15) is 4.79 Å². The lowest BCUT2D eigenvalue weighted by Gasteiger charge is -2.16. The normalized spacial score (nSPS) is 23.9. The maximum atomic E-state index is 11.9. The zero-order chi connectivity index (χ0) is 14.3. The van der Waals surface area contributed by atoms with E-state index in [1.54, 1.807) is 0 Å².